The van der Waals surface area contributed by atoms with Crippen LogP contribution in [0.25, 0.3) is 0 Å². The van der Waals surface area contributed by atoms with Gasteiger partial charge < -0.3 is 10.4 Å². The van der Waals surface area contributed by atoms with Gasteiger partial charge in [-0.3, -0.25) is 4.68 Å². The highest BCUT2D eigenvalue weighted by molar-refractivity contribution is 5.24. The van der Waals surface area contributed by atoms with Gasteiger partial charge in [0.2, 0.25) is 0 Å². The molecule has 2 N–H and O–H groups in total. The first kappa shape index (κ1) is 12.6. The van der Waals surface area contributed by atoms with Gasteiger partial charge in [0.1, 0.15) is 0 Å². The number of aliphatic hydroxyl groups excluding tert-OH is 1. The number of hydrogen-bond acceptors (Lipinski definition) is 3. The monoisotopic (exact) mass is 237 g/mol. The second-order valence-corrected chi connectivity index (χ2v) is 5.33. The molecule has 1 heterocycles. The molecule has 0 saturated carbocycles. The first-order chi connectivity index (χ1) is 8.09. The minimum Gasteiger partial charge on any atom is -0.392 e. The number of aliphatic hydroxyl groups is 1. The number of aromatic nitrogens is 2. The molecule has 0 fully saturated rings. The number of aryl methyl sites for hydroxylation is 1. The number of fused-ring (bicyclic) bond motifs is 1. The Balaban J connectivity index is 1.99. The summed E-state index contributed by atoms with van der Waals surface area (Å²) in [6, 6.07) is 0.362. The van der Waals surface area contributed by atoms with Crippen LogP contribution in [0, 0.1) is 5.92 Å². The van der Waals surface area contributed by atoms with Gasteiger partial charge in [-0.05, 0) is 25.2 Å². The van der Waals surface area contributed by atoms with E-state index < -0.39 is 0 Å². The van der Waals surface area contributed by atoms with Crippen molar-refractivity contribution in [3.05, 3.63) is 17.5 Å². The molecule has 1 aromatic rings. The highest BCUT2D eigenvalue weighted by atomic mass is 16.3. The van der Waals surface area contributed by atoms with Crippen LogP contribution in [-0.4, -0.2) is 27.5 Å². The smallest absolute Gasteiger partial charge is 0.0687 e. The summed E-state index contributed by atoms with van der Waals surface area (Å²) in [4.78, 5) is 0. The fourth-order valence-electron chi connectivity index (χ4n) is 2.42. The van der Waals surface area contributed by atoms with Gasteiger partial charge >= 0.3 is 0 Å². The Bertz CT molecular complexity index is 373. The fraction of sp³-hybridized carbons (Fsp3) is 0.769. The lowest BCUT2D eigenvalue weighted by Gasteiger charge is -2.26. The normalized spacial score (nSPS) is 21.6. The van der Waals surface area contributed by atoms with Crippen molar-refractivity contribution in [2.45, 2.75) is 45.3 Å². The van der Waals surface area contributed by atoms with E-state index in [1.807, 2.05) is 31.8 Å². The molecule has 96 valence electrons. The zero-order valence-corrected chi connectivity index (χ0v) is 11.0. The second-order valence-electron chi connectivity index (χ2n) is 5.33. The van der Waals surface area contributed by atoms with Gasteiger partial charge in [-0.2, -0.15) is 5.10 Å². The van der Waals surface area contributed by atoms with Crippen LogP contribution in [0.15, 0.2) is 6.20 Å². The van der Waals surface area contributed by atoms with Gasteiger partial charge in [0.05, 0.1) is 12.3 Å². The summed E-state index contributed by atoms with van der Waals surface area (Å²) in [6.45, 7) is 4.75. The largest absolute Gasteiger partial charge is 0.392 e. The standard InChI is InChI=1S/C13H23N3O/c1-9(2)13(17)8-14-11-5-4-6-12-10(11)7-15-16(12)3/h7,9,11,13-14,17H,4-6,8H2,1-3H3. The number of hydrogen-bond donors (Lipinski definition) is 2. The average molecular weight is 237 g/mol. The van der Waals surface area contributed by atoms with Gasteiger partial charge in [-0.1, -0.05) is 13.8 Å². The third-order valence-corrected chi connectivity index (χ3v) is 3.72. The second kappa shape index (κ2) is 5.19. The van der Waals surface area contributed by atoms with E-state index >= 15 is 0 Å². The van der Waals surface area contributed by atoms with E-state index in [2.05, 4.69) is 10.4 Å². The zero-order valence-electron chi connectivity index (χ0n) is 11.0. The molecule has 4 nitrogen and oxygen atoms in total. The Hall–Kier alpha value is -0.870. The van der Waals surface area contributed by atoms with E-state index in [1.165, 1.54) is 17.7 Å². The van der Waals surface area contributed by atoms with Crippen LogP contribution in [0.4, 0.5) is 0 Å². The molecule has 1 aromatic heterocycles. The molecule has 0 aromatic carbocycles. The summed E-state index contributed by atoms with van der Waals surface area (Å²) in [5.41, 5.74) is 2.66. The number of nitrogens with zero attached hydrogens (tertiary/aromatic N) is 2. The summed E-state index contributed by atoms with van der Waals surface area (Å²) >= 11 is 0. The average Bonchev–Trinajstić information content (AvgIpc) is 2.69. The van der Waals surface area contributed by atoms with Crippen LogP contribution in [0.2, 0.25) is 0 Å². The van der Waals surface area contributed by atoms with Crippen molar-refractivity contribution in [1.82, 2.24) is 15.1 Å². The van der Waals surface area contributed by atoms with Crippen molar-refractivity contribution >= 4 is 0 Å². The molecule has 0 bridgehead atoms. The summed E-state index contributed by atoms with van der Waals surface area (Å²) in [7, 11) is 2.00. The van der Waals surface area contributed by atoms with E-state index in [9.17, 15) is 5.11 Å². The molecule has 4 heteroatoms. The molecular weight excluding hydrogens is 214 g/mol. The van der Waals surface area contributed by atoms with Crippen molar-refractivity contribution in [2.75, 3.05) is 6.54 Å². The van der Waals surface area contributed by atoms with Crippen molar-refractivity contribution in [3.8, 4) is 0 Å². The fourth-order valence-corrected chi connectivity index (χ4v) is 2.42. The number of nitrogens with one attached hydrogen (secondary N) is 1. The van der Waals surface area contributed by atoms with E-state index in [4.69, 9.17) is 0 Å². The maximum absolute atomic E-state index is 9.83. The third kappa shape index (κ3) is 2.69. The Morgan fingerprint density at radius 3 is 3.06 bits per heavy atom. The van der Waals surface area contributed by atoms with Crippen molar-refractivity contribution in [1.29, 1.82) is 0 Å². The van der Waals surface area contributed by atoms with Gasteiger partial charge in [-0.25, -0.2) is 0 Å². The minimum atomic E-state index is -0.267. The lowest BCUT2D eigenvalue weighted by molar-refractivity contribution is 0.119. The maximum Gasteiger partial charge on any atom is 0.0687 e. The third-order valence-electron chi connectivity index (χ3n) is 3.72. The summed E-state index contributed by atoms with van der Waals surface area (Å²) in [6.07, 6.45) is 5.16. The predicted octanol–water partition coefficient (Wildman–Crippen LogP) is 1.40. The molecular formula is C13H23N3O. The Kier molecular flexibility index (Phi) is 3.84. The zero-order chi connectivity index (χ0) is 12.4. The van der Waals surface area contributed by atoms with Gasteiger partial charge in [0.15, 0.2) is 0 Å². The lowest BCUT2D eigenvalue weighted by Crippen LogP contribution is -2.34. The van der Waals surface area contributed by atoms with Crippen LogP contribution in [0.5, 0.6) is 0 Å². The Morgan fingerprint density at radius 2 is 2.35 bits per heavy atom. The topological polar surface area (TPSA) is 50.1 Å². The maximum atomic E-state index is 9.83. The summed E-state index contributed by atoms with van der Waals surface area (Å²) in [5.74, 6) is 0.305. The van der Waals surface area contributed by atoms with Crippen LogP contribution in [0.1, 0.15) is 44.0 Å². The van der Waals surface area contributed by atoms with Crippen LogP contribution >= 0.6 is 0 Å². The molecule has 0 saturated heterocycles. The highest BCUT2D eigenvalue weighted by Crippen LogP contribution is 2.29. The first-order valence-electron chi connectivity index (χ1n) is 6.51. The molecule has 2 atom stereocenters. The van der Waals surface area contributed by atoms with Gasteiger partial charge in [0.25, 0.3) is 0 Å². The van der Waals surface area contributed by atoms with Crippen molar-refractivity contribution < 1.29 is 5.11 Å². The first-order valence-corrected chi connectivity index (χ1v) is 6.51. The van der Waals surface area contributed by atoms with Gasteiger partial charge in [0, 0.05) is 30.9 Å². The Labute approximate surface area is 103 Å². The predicted molar refractivity (Wildman–Crippen MR) is 67.7 cm³/mol. The van der Waals surface area contributed by atoms with Crippen molar-refractivity contribution in [3.63, 3.8) is 0 Å². The molecule has 2 rings (SSSR count). The van der Waals surface area contributed by atoms with E-state index in [1.54, 1.807) is 0 Å². The lowest BCUT2D eigenvalue weighted by atomic mass is 9.92. The SMILES string of the molecule is CC(C)C(O)CNC1CCCc2c1cnn2C. The highest BCUT2D eigenvalue weighted by Gasteiger charge is 2.23. The number of rotatable bonds is 4. The van der Waals surface area contributed by atoms with E-state index in [0.717, 1.165) is 12.8 Å². The molecule has 17 heavy (non-hydrogen) atoms. The molecule has 0 spiro atoms. The molecule has 0 radical (unpaired) electrons. The van der Waals surface area contributed by atoms with Crippen molar-refractivity contribution in [2.24, 2.45) is 13.0 Å². The summed E-state index contributed by atoms with van der Waals surface area (Å²) in [5, 5.41) is 17.6. The van der Waals surface area contributed by atoms with Gasteiger partial charge in [-0.15, -0.1) is 0 Å². The van der Waals surface area contributed by atoms with Crippen LogP contribution in [-0.2, 0) is 13.5 Å². The van der Waals surface area contributed by atoms with E-state index in [0.29, 0.717) is 18.5 Å². The Morgan fingerprint density at radius 1 is 1.59 bits per heavy atom. The molecule has 0 amide bonds. The van der Waals surface area contributed by atoms with Crippen LogP contribution in [0.3, 0.4) is 0 Å². The molecule has 1 aliphatic carbocycles. The summed E-state index contributed by atoms with van der Waals surface area (Å²) < 4.78 is 1.97. The van der Waals surface area contributed by atoms with Crippen LogP contribution < -0.4 is 5.32 Å². The molecule has 1 aliphatic rings. The van der Waals surface area contributed by atoms with E-state index in [-0.39, 0.29) is 6.10 Å². The quantitative estimate of drug-likeness (QED) is 0.832. The molecule has 2 unspecified atom stereocenters. The molecule has 0 aliphatic heterocycles. The minimum absolute atomic E-state index is 0.267.